The number of carboxylic acids is 1. The van der Waals surface area contributed by atoms with Gasteiger partial charge in [-0.3, -0.25) is 4.79 Å². The average molecular weight is 320 g/mol. The summed E-state index contributed by atoms with van der Waals surface area (Å²) >= 11 is 0. The zero-order chi connectivity index (χ0) is 16.4. The lowest BCUT2D eigenvalue weighted by atomic mass is 9.98. The van der Waals surface area contributed by atoms with Gasteiger partial charge in [0.2, 0.25) is 0 Å². The van der Waals surface area contributed by atoms with E-state index in [9.17, 15) is 9.90 Å². The molecule has 6 heteroatoms. The summed E-state index contributed by atoms with van der Waals surface area (Å²) in [5.41, 5.74) is 2.02. The Bertz CT molecular complexity index is 584. The van der Waals surface area contributed by atoms with Crippen LogP contribution in [0.25, 0.3) is 0 Å². The number of benzene rings is 1. The van der Waals surface area contributed by atoms with Crippen molar-refractivity contribution in [3.05, 3.63) is 17.7 Å². The fraction of sp³-hybridized carbons (Fsp3) is 0.588. The van der Waals surface area contributed by atoms with Crippen LogP contribution in [0.1, 0.15) is 30.9 Å². The van der Waals surface area contributed by atoms with E-state index in [1.807, 2.05) is 12.1 Å². The molecule has 0 saturated carbocycles. The lowest BCUT2D eigenvalue weighted by Crippen LogP contribution is -2.20. The number of carbonyl (C=O) groups is 1. The van der Waals surface area contributed by atoms with Crippen molar-refractivity contribution < 1.29 is 19.4 Å². The van der Waals surface area contributed by atoms with Gasteiger partial charge in [0.05, 0.1) is 25.8 Å². The predicted octanol–water partition coefficient (Wildman–Crippen LogP) is 2.04. The van der Waals surface area contributed by atoms with E-state index >= 15 is 0 Å². The molecular weight excluding hydrogens is 296 g/mol. The first kappa shape index (κ1) is 15.9. The number of nitrogens with one attached hydrogen (secondary N) is 1. The summed E-state index contributed by atoms with van der Waals surface area (Å²) in [6.07, 6.45) is 2.95. The third-order valence-electron chi connectivity index (χ3n) is 4.83. The van der Waals surface area contributed by atoms with E-state index in [4.69, 9.17) is 9.47 Å². The maximum Gasteiger partial charge on any atom is 0.307 e. The summed E-state index contributed by atoms with van der Waals surface area (Å²) in [4.78, 5) is 13.5. The fourth-order valence-electron chi connectivity index (χ4n) is 3.54. The zero-order valence-electron chi connectivity index (χ0n) is 13.7. The van der Waals surface area contributed by atoms with Gasteiger partial charge in [0, 0.05) is 37.3 Å². The molecule has 2 unspecified atom stereocenters. The molecule has 23 heavy (non-hydrogen) atoms. The lowest BCUT2D eigenvalue weighted by molar-refractivity contribution is -0.141. The van der Waals surface area contributed by atoms with Gasteiger partial charge in [0.1, 0.15) is 11.5 Å². The van der Waals surface area contributed by atoms with Crippen molar-refractivity contribution in [1.29, 1.82) is 0 Å². The zero-order valence-corrected chi connectivity index (χ0v) is 13.7. The minimum atomic E-state index is -0.750. The molecule has 0 bridgehead atoms. The van der Waals surface area contributed by atoms with Gasteiger partial charge >= 0.3 is 5.97 Å². The summed E-state index contributed by atoms with van der Waals surface area (Å²) in [6.45, 7) is 2.54. The second kappa shape index (κ2) is 6.66. The van der Waals surface area contributed by atoms with E-state index in [1.54, 1.807) is 14.2 Å². The Morgan fingerprint density at radius 3 is 2.48 bits per heavy atom. The Balaban J connectivity index is 1.92. The third-order valence-corrected chi connectivity index (χ3v) is 4.83. The van der Waals surface area contributed by atoms with Gasteiger partial charge < -0.3 is 24.8 Å². The molecule has 1 aromatic carbocycles. The highest BCUT2D eigenvalue weighted by atomic mass is 16.5. The van der Waals surface area contributed by atoms with Gasteiger partial charge in [0.15, 0.2) is 0 Å². The van der Waals surface area contributed by atoms with Gasteiger partial charge in [-0.15, -0.1) is 0 Å². The topological polar surface area (TPSA) is 71.0 Å². The van der Waals surface area contributed by atoms with Crippen LogP contribution in [0.3, 0.4) is 0 Å². The first-order valence-corrected chi connectivity index (χ1v) is 8.11. The van der Waals surface area contributed by atoms with Crippen LogP contribution in [0.4, 0.5) is 5.69 Å². The molecule has 2 aliphatic heterocycles. The van der Waals surface area contributed by atoms with Crippen molar-refractivity contribution in [2.24, 2.45) is 5.92 Å². The van der Waals surface area contributed by atoms with E-state index in [0.717, 1.165) is 35.8 Å². The molecule has 2 heterocycles. The highest BCUT2D eigenvalue weighted by Crippen LogP contribution is 2.41. The van der Waals surface area contributed by atoms with Crippen LogP contribution in [0.5, 0.6) is 11.5 Å². The van der Waals surface area contributed by atoms with Crippen LogP contribution in [0.2, 0.25) is 0 Å². The van der Waals surface area contributed by atoms with Crippen molar-refractivity contribution in [2.75, 3.05) is 38.8 Å². The van der Waals surface area contributed by atoms with E-state index < -0.39 is 5.97 Å². The quantitative estimate of drug-likeness (QED) is 0.865. The molecule has 0 aromatic heterocycles. The van der Waals surface area contributed by atoms with Crippen LogP contribution in [-0.2, 0) is 4.79 Å². The van der Waals surface area contributed by atoms with Crippen LogP contribution >= 0.6 is 0 Å². The molecule has 126 valence electrons. The van der Waals surface area contributed by atoms with E-state index in [-0.39, 0.29) is 12.0 Å². The van der Waals surface area contributed by atoms with E-state index in [1.165, 1.54) is 12.8 Å². The van der Waals surface area contributed by atoms with E-state index in [2.05, 4.69) is 10.2 Å². The van der Waals surface area contributed by atoms with Crippen LogP contribution in [0, 0.1) is 5.92 Å². The van der Waals surface area contributed by atoms with Gasteiger partial charge in [-0.1, -0.05) is 0 Å². The van der Waals surface area contributed by atoms with Crippen molar-refractivity contribution in [1.82, 2.24) is 5.32 Å². The Kier molecular flexibility index (Phi) is 4.61. The first-order valence-electron chi connectivity index (χ1n) is 8.11. The molecule has 2 saturated heterocycles. The number of carboxylic acid groups (broad SMARTS) is 1. The fourth-order valence-corrected chi connectivity index (χ4v) is 3.54. The molecule has 0 spiro atoms. The number of hydrogen-bond acceptors (Lipinski definition) is 5. The molecule has 0 radical (unpaired) electrons. The summed E-state index contributed by atoms with van der Waals surface area (Å²) in [6, 6.07) is 4.00. The molecule has 2 N–H and O–H groups in total. The summed E-state index contributed by atoms with van der Waals surface area (Å²) in [5, 5.41) is 12.5. The minimum Gasteiger partial charge on any atom is -0.496 e. The standard InChI is InChI=1S/C17H24N2O4/c1-22-15-9-14(19-5-3-4-6-19)16(23-2)8-12(15)13-7-11(10-18-13)17(20)21/h8-9,11,13,18H,3-7,10H2,1-2H3,(H,20,21). The molecule has 0 aliphatic carbocycles. The Hall–Kier alpha value is -1.95. The highest BCUT2D eigenvalue weighted by Gasteiger charge is 2.32. The number of aliphatic carboxylic acids is 1. The molecule has 2 atom stereocenters. The first-order chi connectivity index (χ1) is 11.1. The molecule has 2 fully saturated rings. The molecule has 3 rings (SSSR count). The number of hydrogen-bond donors (Lipinski definition) is 2. The highest BCUT2D eigenvalue weighted by molar-refractivity contribution is 5.71. The van der Waals surface area contributed by atoms with Crippen molar-refractivity contribution in [2.45, 2.75) is 25.3 Å². The number of anilines is 1. The number of rotatable bonds is 5. The van der Waals surface area contributed by atoms with Gasteiger partial charge in [0.25, 0.3) is 0 Å². The lowest BCUT2D eigenvalue weighted by Gasteiger charge is -2.24. The SMILES string of the molecule is COc1cc(N2CCCC2)c(OC)cc1C1CC(C(=O)O)CN1. The molecule has 6 nitrogen and oxygen atoms in total. The maximum absolute atomic E-state index is 11.2. The summed E-state index contributed by atoms with van der Waals surface area (Å²) < 4.78 is 11.2. The number of ether oxygens (including phenoxy) is 2. The number of nitrogens with zero attached hydrogens (tertiary/aromatic N) is 1. The normalized spacial score (nSPS) is 24.0. The monoisotopic (exact) mass is 320 g/mol. The largest absolute Gasteiger partial charge is 0.496 e. The Labute approximate surface area is 136 Å². The summed E-state index contributed by atoms with van der Waals surface area (Å²) in [7, 11) is 3.33. The molecule has 1 aromatic rings. The van der Waals surface area contributed by atoms with Gasteiger partial charge in [-0.2, -0.15) is 0 Å². The van der Waals surface area contributed by atoms with Gasteiger partial charge in [-0.25, -0.2) is 0 Å². The minimum absolute atomic E-state index is 0.0208. The van der Waals surface area contributed by atoms with Crippen LogP contribution < -0.4 is 19.7 Å². The van der Waals surface area contributed by atoms with Crippen molar-refractivity contribution >= 4 is 11.7 Å². The Morgan fingerprint density at radius 2 is 1.91 bits per heavy atom. The van der Waals surface area contributed by atoms with Crippen molar-refractivity contribution in [3.8, 4) is 11.5 Å². The van der Waals surface area contributed by atoms with Crippen LogP contribution in [0.15, 0.2) is 12.1 Å². The van der Waals surface area contributed by atoms with E-state index in [0.29, 0.717) is 13.0 Å². The third kappa shape index (κ3) is 3.08. The summed E-state index contributed by atoms with van der Waals surface area (Å²) in [5.74, 6) is 0.507. The molecule has 2 aliphatic rings. The smallest absolute Gasteiger partial charge is 0.307 e. The Morgan fingerprint density at radius 1 is 1.22 bits per heavy atom. The van der Waals surface area contributed by atoms with Crippen molar-refractivity contribution in [3.63, 3.8) is 0 Å². The van der Waals surface area contributed by atoms with Crippen LogP contribution in [-0.4, -0.2) is 44.9 Å². The second-order valence-corrected chi connectivity index (χ2v) is 6.19. The average Bonchev–Trinajstić information content (AvgIpc) is 3.24. The molecular formula is C17H24N2O4. The molecule has 0 amide bonds. The number of methoxy groups -OCH3 is 2. The van der Waals surface area contributed by atoms with Gasteiger partial charge in [-0.05, 0) is 25.3 Å². The maximum atomic E-state index is 11.2. The predicted molar refractivity (Wildman–Crippen MR) is 87.5 cm³/mol. The second-order valence-electron chi connectivity index (χ2n) is 6.19.